The van der Waals surface area contributed by atoms with Gasteiger partial charge >= 0.3 is 0 Å². The molecule has 0 amide bonds. The van der Waals surface area contributed by atoms with Crippen molar-refractivity contribution in [1.82, 2.24) is 14.7 Å². The Bertz CT molecular complexity index is 546. The van der Waals surface area contributed by atoms with Gasteiger partial charge < -0.3 is 4.74 Å². The maximum atomic E-state index is 12.2. The summed E-state index contributed by atoms with van der Waals surface area (Å²) in [7, 11) is 1.73. The predicted octanol–water partition coefficient (Wildman–Crippen LogP) is 1.14. The van der Waals surface area contributed by atoms with Gasteiger partial charge in [0, 0.05) is 37.9 Å². The smallest absolute Gasteiger partial charge is 0.267 e. The van der Waals surface area contributed by atoms with Crippen LogP contribution in [0.1, 0.15) is 24.1 Å². The summed E-state index contributed by atoms with van der Waals surface area (Å²) in [6, 6.07) is 2.21. The molecular weight excluding hydrogens is 286 g/mol. The third-order valence-corrected chi connectivity index (χ3v) is 5.38. The number of thioether (sulfide) groups is 1. The van der Waals surface area contributed by atoms with Crippen molar-refractivity contribution in [3.05, 3.63) is 27.7 Å². The van der Waals surface area contributed by atoms with Crippen molar-refractivity contribution in [1.29, 1.82) is 0 Å². The molecule has 1 fully saturated rings. The molecule has 1 aromatic rings. The SMILES string of the molecule is COCCN1CCCC1Cn1nc2c(cc1=O)CSCC2. The maximum Gasteiger partial charge on any atom is 0.267 e. The molecule has 0 spiro atoms. The Morgan fingerprint density at radius 1 is 1.52 bits per heavy atom. The molecule has 2 aliphatic heterocycles. The second-order valence-corrected chi connectivity index (χ2v) is 6.87. The molecule has 1 aromatic heterocycles. The number of hydrogen-bond donors (Lipinski definition) is 0. The van der Waals surface area contributed by atoms with Gasteiger partial charge in [0.15, 0.2) is 0 Å². The van der Waals surface area contributed by atoms with Gasteiger partial charge in [-0.1, -0.05) is 0 Å². The van der Waals surface area contributed by atoms with E-state index in [9.17, 15) is 4.79 Å². The van der Waals surface area contributed by atoms with E-state index in [1.54, 1.807) is 17.9 Å². The first-order valence-electron chi connectivity index (χ1n) is 7.68. The Morgan fingerprint density at radius 3 is 3.29 bits per heavy atom. The lowest BCUT2D eigenvalue weighted by Gasteiger charge is -2.25. The quantitative estimate of drug-likeness (QED) is 0.816. The minimum Gasteiger partial charge on any atom is -0.383 e. The van der Waals surface area contributed by atoms with Crippen LogP contribution in [0.3, 0.4) is 0 Å². The molecule has 1 atom stereocenters. The lowest BCUT2D eigenvalue weighted by Crippen LogP contribution is -2.39. The normalized spacial score (nSPS) is 22.4. The topological polar surface area (TPSA) is 47.4 Å². The van der Waals surface area contributed by atoms with Crippen molar-refractivity contribution in [2.75, 3.05) is 32.6 Å². The van der Waals surface area contributed by atoms with E-state index in [0.717, 1.165) is 55.3 Å². The summed E-state index contributed by atoms with van der Waals surface area (Å²) < 4.78 is 6.86. The minimum atomic E-state index is 0.0508. The van der Waals surface area contributed by atoms with Crippen LogP contribution >= 0.6 is 11.8 Å². The standard InChI is InChI=1S/C15H23N3O2S/c1-20-7-6-17-5-2-3-13(17)10-18-15(19)9-12-11-21-8-4-14(12)16-18/h9,13H,2-8,10-11H2,1H3. The van der Waals surface area contributed by atoms with Gasteiger partial charge in [0.2, 0.25) is 0 Å². The van der Waals surface area contributed by atoms with Crippen LogP contribution < -0.4 is 5.56 Å². The van der Waals surface area contributed by atoms with E-state index < -0.39 is 0 Å². The average molecular weight is 309 g/mol. The fourth-order valence-corrected chi connectivity index (χ4v) is 4.14. The molecule has 21 heavy (non-hydrogen) atoms. The molecule has 116 valence electrons. The van der Waals surface area contributed by atoms with Gasteiger partial charge in [-0.3, -0.25) is 9.69 Å². The summed E-state index contributed by atoms with van der Waals surface area (Å²) >= 11 is 1.88. The highest BCUT2D eigenvalue weighted by Crippen LogP contribution is 2.22. The Balaban J connectivity index is 1.73. The van der Waals surface area contributed by atoms with Crippen molar-refractivity contribution in [2.45, 2.75) is 37.6 Å². The van der Waals surface area contributed by atoms with Crippen molar-refractivity contribution in [2.24, 2.45) is 0 Å². The molecule has 3 heterocycles. The van der Waals surface area contributed by atoms with Crippen LogP contribution in [0.5, 0.6) is 0 Å². The Hall–Kier alpha value is -0.850. The highest BCUT2D eigenvalue weighted by atomic mass is 32.2. The number of methoxy groups -OCH3 is 1. The number of rotatable bonds is 5. The van der Waals surface area contributed by atoms with Gasteiger partial charge in [-0.15, -0.1) is 0 Å². The van der Waals surface area contributed by atoms with Crippen molar-refractivity contribution in [3.8, 4) is 0 Å². The second-order valence-electron chi connectivity index (χ2n) is 5.76. The lowest BCUT2D eigenvalue weighted by molar-refractivity contribution is 0.133. The van der Waals surface area contributed by atoms with Crippen molar-refractivity contribution < 1.29 is 4.74 Å². The van der Waals surface area contributed by atoms with Gasteiger partial charge in [-0.05, 0) is 30.7 Å². The summed E-state index contributed by atoms with van der Waals surface area (Å²) in [6.45, 7) is 3.51. The zero-order chi connectivity index (χ0) is 14.7. The van der Waals surface area contributed by atoms with Gasteiger partial charge in [0.1, 0.15) is 0 Å². The number of aryl methyl sites for hydroxylation is 1. The van der Waals surface area contributed by atoms with Gasteiger partial charge in [-0.25, -0.2) is 4.68 Å². The molecular formula is C15H23N3O2S. The molecule has 2 aliphatic rings. The van der Waals surface area contributed by atoms with Crippen LogP contribution in [-0.4, -0.2) is 53.3 Å². The fraction of sp³-hybridized carbons (Fsp3) is 0.733. The van der Waals surface area contributed by atoms with Crippen molar-refractivity contribution >= 4 is 11.8 Å². The average Bonchev–Trinajstić information content (AvgIpc) is 2.93. The monoisotopic (exact) mass is 309 g/mol. The number of fused-ring (bicyclic) bond motifs is 1. The number of likely N-dealkylation sites (tertiary alicyclic amines) is 1. The Morgan fingerprint density at radius 2 is 2.43 bits per heavy atom. The van der Waals surface area contributed by atoms with Crippen LogP contribution in [0.15, 0.2) is 10.9 Å². The fourth-order valence-electron chi connectivity index (χ4n) is 3.19. The Labute approximate surface area is 129 Å². The van der Waals surface area contributed by atoms with Crippen LogP contribution in [0.2, 0.25) is 0 Å². The summed E-state index contributed by atoms with van der Waals surface area (Å²) in [5.74, 6) is 2.05. The van der Waals surface area contributed by atoms with E-state index in [1.165, 1.54) is 6.42 Å². The van der Waals surface area contributed by atoms with E-state index in [0.29, 0.717) is 12.6 Å². The first-order chi connectivity index (χ1) is 10.3. The number of aromatic nitrogens is 2. The molecule has 0 saturated carbocycles. The van der Waals surface area contributed by atoms with E-state index in [1.807, 2.05) is 11.8 Å². The number of nitrogens with zero attached hydrogens (tertiary/aromatic N) is 3. The van der Waals surface area contributed by atoms with Gasteiger partial charge in [-0.2, -0.15) is 16.9 Å². The summed E-state index contributed by atoms with van der Waals surface area (Å²) in [5.41, 5.74) is 2.31. The molecule has 5 nitrogen and oxygen atoms in total. The molecule has 6 heteroatoms. The number of hydrogen-bond acceptors (Lipinski definition) is 5. The van der Waals surface area contributed by atoms with Crippen LogP contribution in [0, 0.1) is 0 Å². The highest BCUT2D eigenvalue weighted by molar-refractivity contribution is 7.98. The Kier molecular flexibility index (Phi) is 4.98. The second kappa shape index (κ2) is 6.94. The van der Waals surface area contributed by atoms with Crippen LogP contribution in [-0.2, 0) is 23.5 Å². The van der Waals surface area contributed by atoms with Gasteiger partial charge in [0.05, 0.1) is 18.8 Å². The highest BCUT2D eigenvalue weighted by Gasteiger charge is 2.25. The maximum absolute atomic E-state index is 12.2. The summed E-state index contributed by atoms with van der Waals surface area (Å²) in [5, 5.41) is 4.62. The van der Waals surface area contributed by atoms with Gasteiger partial charge in [0.25, 0.3) is 5.56 Å². The predicted molar refractivity (Wildman–Crippen MR) is 84.8 cm³/mol. The first-order valence-corrected chi connectivity index (χ1v) is 8.84. The molecule has 0 bridgehead atoms. The molecule has 0 aromatic carbocycles. The third-order valence-electron chi connectivity index (χ3n) is 4.37. The molecule has 1 unspecified atom stereocenters. The molecule has 3 rings (SSSR count). The van der Waals surface area contributed by atoms with Crippen molar-refractivity contribution in [3.63, 3.8) is 0 Å². The zero-order valence-electron chi connectivity index (χ0n) is 12.6. The van der Waals surface area contributed by atoms with E-state index in [4.69, 9.17) is 4.74 Å². The van der Waals surface area contributed by atoms with E-state index in [-0.39, 0.29) is 5.56 Å². The van der Waals surface area contributed by atoms with Crippen LogP contribution in [0.25, 0.3) is 0 Å². The third kappa shape index (κ3) is 3.49. The zero-order valence-corrected chi connectivity index (χ0v) is 13.4. The van der Waals surface area contributed by atoms with Crippen LogP contribution in [0.4, 0.5) is 0 Å². The molecule has 0 radical (unpaired) electrons. The first kappa shape index (κ1) is 15.1. The molecule has 0 aliphatic carbocycles. The molecule has 1 saturated heterocycles. The summed E-state index contributed by atoms with van der Waals surface area (Å²) in [4.78, 5) is 14.7. The molecule has 0 N–H and O–H groups in total. The number of ether oxygens (including phenoxy) is 1. The van der Waals surface area contributed by atoms with E-state index in [2.05, 4.69) is 10.00 Å². The van der Waals surface area contributed by atoms with E-state index >= 15 is 0 Å². The lowest BCUT2D eigenvalue weighted by atomic mass is 10.2. The summed E-state index contributed by atoms with van der Waals surface area (Å²) in [6.07, 6.45) is 3.33. The minimum absolute atomic E-state index is 0.0508. The largest absolute Gasteiger partial charge is 0.383 e.